The van der Waals surface area contributed by atoms with E-state index in [-0.39, 0.29) is 0 Å². The van der Waals surface area contributed by atoms with Crippen molar-refractivity contribution in [3.63, 3.8) is 0 Å². The summed E-state index contributed by atoms with van der Waals surface area (Å²) in [6.45, 7) is 8.51. The second kappa shape index (κ2) is 7.47. The van der Waals surface area contributed by atoms with Gasteiger partial charge in [0.25, 0.3) is 8.38 Å². The lowest BCUT2D eigenvalue weighted by Gasteiger charge is -2.22. The first-order valence-electron chi connectivity index (χ1n) is 7.31. The van der Waals surface area contributed by atoms with Gasteiger partial charge in [-0.05, 0) is 43.0 Å². The Morgan fingerprint density at radius 1 is 0.810 bits per heavy atom. The van der Waals surface area contributed by atoms with E-state index in [1.807, 2.05) is 36.4 Å². The molecule has 2 nitrogen and oxygen atoms in total. The Bertz CT molecular complexity index is 533. The second-order valence-corrected chi connectivity index (χ2v) is 7.02. The summed E-state index contributed by atoms with van der Waals surface area (Å²) in [5.41, 5.74) is 2.28. The highest BCUT2D eigenvalue weighted by Gasteiger charge is 2.18. The van der Waals surface area contributed by atoms with E-state index >= 15 is 0 Å². The SMILES string of the molecule is Cc1ccccc1OP(CC(C)C)Oc1ccccc1C. The summed E-state index contributed by atoms with van der Waals surface area (Å²) in [5.74, 6) is 2.36. The van der Waals surface area contributed by atoms with Crippen LogP contribution in [0.1, 0.15) is 25.0 Å². The second-order valence-electron chi connectivity index (χ2n) is 5.62. The molecule has 0 saturated heterocycles. The molecule has 0 radical (unpaired) electrons. The molecule has 0 N–H and O–H groups in total. The van der Waals surface area contributed by atoms with Crippen molar-refractivity contribution in [3.8, 4) is 11.5 Å². The zero-order valence-corrected chi connectivity index (χ0v) is 14.1. The fourth-order valence-electron chi connectivity index (χ4n) is 1.93. The van der Waals surface area contributed by atoms with Crippen molar-refractivity contribution >= 4 is 8.38 Å². The highest BCUT2D eigenvalue weighted by Crippen LogP contribution is 2.43. The van der Waals surface area contributed by atoms with Gasteiger partial charge in [0.15, 0.2) is 0 Å². The van der Waals surface area contributed by atoms with E-state index in [0.717, 1.165) is 28.8 Å². The zero-order chi connectivity index (χ0) is 15.2. The predicted octanol–water partition coefficient (Wildman–Crippen LogP) is 5.73. The molecule has 0 bridgehead atoms. The first-order chi connectivity index (χ1) is 10.1. The molecule has 2 aromatic rings. The molecule has 0 aliphatic carbocycles. The molecule has 0 aromatic heterocycles. The van der Waals surface area contributed by atoms with Crippen LogP contribution in [0.3, 0.4) is 0 Å². The maximum Gasteiger partial charge on any atom is 0.290 e. The van der Waals surface area contributed by atoms with Gasteiger partial charge in [-0.3, -0.25) is 0 Å². The number of para-hydroxylation sites is 2. The smallest absolute Gasteiger partial charge is 0.290 e. The molecule has 112 valence electrons. The molecule has 0 aliphatic heterocycles. The van der Waals surface area contributed by atoms with E-state index in [2.05, 4.69) is 39.8 Å². The van der Waals surface area contributed by atoms with Crippen LogP contribution < -0.4 is 9.05 Å². The minimum Gasteiger partial charge on any atom is -0.438 e. The van der Waals surface area contributed by atoms with Crippen molar-refractivity contribution in [2.75, 3.05) is 6.16 Å². The molecule has 0 heterocycles. The maximum atomic E-state index is 6.16. The van der Waals surface area contributed by atoms with Crippen LogP contribution >= 0.6 is 8.38 Å². The van der Waals surface area contributed by atoms with Crippen molar-refractivity contribution in [1.29, 1.82) is 0 Å². The molecule has 2 aromatic carbocycles. The van der Waals surface area contributed by atoms with Crippen LogP contribution in [0.2, 0.25) is 0 Å². The minimum absolute atomic E-state index is 0.532. The van der Waals surface area contributed by atoms with Gasteiger partial charge in [0.05, 0.1) is 0 Å². The third-order valence-corrected chi connectivity index (χ3v) is 4.93. The van der Waals surface area contributed by atoms with E-state index in [9.17, 15) is 0 Å². The molecule has 0 aliphatic rings. The van der Waals surface area contributed by atoms with E-state index in [0.29, 0.717) is 5.92 Å². The largest absolute Gasteiger partial charge is 0.438 e. The monoisotopic (exact) mass is 302 g/mol. The van der Waals surface area contributed by atoms with Crippen LogP contribution in [0.15, 0.2) is 48.5 Å². The molecule has 0 amide bonds. The van der Waals surface area contributed by atoms with Gasteiger partial charge in [-0.15, -0.1) is 0 Å². The first kappa shape index (κ1) is 15.9. The summed E-state index contributed by atoms with van der Waals surface area (Å²) in [4.78, 5) is 0. The standard InChI is InChI=1S/C18H23O2P/c1-14(2)13-21(19-17-11-7-5-9-15(17)3)20-18-12-8-6-10-16(18)4/h5-12,14H,13H2,1-4H3. The lowest BCUT2D eigenvalue weighted by molar-refractivity contribution is 0.475. The van der Waals surface area contributed by atoms with Gasteiger partial charge in [-0.2, -0.15) is 0 Å². The van der Waals surface area contributed by atoms with Crippen molar-refractivity contribution in [3.05, 3.63) is 59.7 Å². The molecule has 0 unspecified atom stereocenters. The highest BCUT2D eigenvalue weighted by molar-refractivity contribution is 7.48. The van der Waals surface area contributed by atoms with Crippen LogP contribution in [0.5, 0.6) is 11.5 Å². The number of rotatable bonds is 6. The Hall–Kier alpha value is -1.53. The molecule has 0 spiro atoms. The predicted molar refractivity (Wildman–Crippen MR) is 90.2 cm³/mol. The van der Waals surface area contributed by atoms with Crippen molar-refractivity contribution in [1.82, 2.24) is 0 Å². The minimum atomic E-state index is -0.985. The van der Waals surface area contributed by atoms with Crippen molar-refractivity contribution in [2.45, 2.75) is 27.7 Å². The number of benzene rings is 2. The summed E-state index contributed by atoms with van der Waals surface area (Å²) in [6, 6.07) is 16.2. The Kier molecular flexibility index (Phi) is 5.64. The van der Waals surface area contributed by atoms with Gasteiger partial charge >= 0.3 is 0 Å². The number of hydrogen-bond acceptors (Lipinski definition) is 2. The van der Waals surface area contributed by atoms with Gasteiger partial charge in [0.2, 0.25) is 0 Å². The molecule has 0 atom stereocenters. The Labute approximate surface area is 129 Å². The fourth-order valence-corrected chi connectivity index (χ4v) is 3.56. The van der Waals surface area contributed by atoms with Gasteiger partial charge in [0, 0.05) is 6.16 Å². The average molecular weight is 302 g/mol. The zero-order valence-electron chi connectivity index (χ0n) is 13.2. The third kappa shape index (κ3) is 4.75. The molecule has 0 saturated carbocycles. The summed E-state index contributed by atoms with van der Waals surface area (Å²) in [7, 11) is -0.985. The Balaban J connectivity index is 2.15. The summed E-state index contributed by atoms with van der Waals surface area (Å²) in [5, 5.41) is 0. The van der Waals surface area contributed by atoms with Crippen LogP contribution in [0.25, 0.3) is 0 Å². The first-order valence-corrected chi connectivity index (χ1v) is 8.67. The molecular formula is C18H23O2P. The lowest BCUT2D eigenvalue weighted by atomic mass is 10.2. The molecule has 0 fully saturated rings. The lowest BCUT2D eigenvalue weighted by Crippen LogP contribution is -2.05. The van der Waals surface area contributed by atoms with E-state index in [4.69, 9.17) is 9.05 Å². The quantitative estimate of drug-likeness (QED) is 0.634. The van der Waals surface area contributed by atoms with Crippen LogP contribution in [0.4, 0.5) is 0 Å². The number of hydrogen-bond donors (Lipinski definition) is 0. The van der Waals surface area contributed by atoms with E-state index < -0.39 is 8.38 Å². The van der Waals surface area contributed by atoms with Crippen LogP contribution in [-0.4, -0.2) is 6.16 Å². The van der Waals surface area contributed by atoms with Gasteiger partial charge in [0.1, 0.15) is 11.5 Å². The summed E-state index contributed by atoms with van der Waals surface area (Å²) in [6.07, 6.45) is 0.915. The molecular weight excluding hydrogens is 279 g/mol. The average Bonchev–Trinajstić information content (AvgIpc) is 2.43. The molecule has 2 rings (SSSR count). The van der Waals surface area contributed by atoms with Crippen LogP contribution in [0, 0.1) is 19.8 Å². The van der Waals surface area contributed by atoms with Crippen molar-refractivity contribution in [2.24, 2.45) is 5.92 Å². The molecule has 3 heteroatoms. The molecule has 21 heavy (non-hydrogen) atoms. The Morgan fingerprint density at radius 2 is 1.24 bits per heavy atom. The number of aryl methyl sites for hydroxylation is 2. The van der Waals surface area contributed by atoms with E-state index in [1.54, 1.807) is 0 Å². The topological polar surface area (TPSA) is 18.5 Å². The fraction of sp³-hybridized carbons (Fsp3) is 0.333. The van der Waals surface area contributed by atoms with Gasteiger partial charge in [-0.1, -0.05) is 50.2 Å². The van der Waals surface area contributed by atoms with Crippen molar-refractivity contribution < 1.29 is 9.05 Å². The highest BCUT2D eigenvalue weighted by atomic mass is 31.2. The summed E-state index contributed by atoms with van der Waals surface area (Å²) >= 11 is 0. The van der Waals surface area contributed by atoms with Gasteiger partial charge in [-0.25, -0.2) is 0 Å². The van der Waals surface area contributed by atoms with E-state index in [1.165, 1.54) is 0 Å². The third-order valence-electron chi connectivity index (χ3n) is 3.10. The summed E-state index contributed by atoms with van der Waals surface area (Å²) < 4.78 is 12.3. The maximum absolute atomic E-state index is 6.16. The van der Waals surface area contributed by atoms with Gasteiger partial charge < -0.3 is 9.05 Å². The van der Waals surface area contributed by atoms with Crippen LogP contribution in [-0.2, 0) is 0 Å². The normalized spacial score (nSPS) is 11.0. The Morgan fingerprint density at radius 3 is 1.62 bits per heavy atom.